The molecule has 3 nitrogen and oxygen atoms in total. The molecule has 0 aliphatic heterocycles. The number of aromatic nitrogens is 2. The van der Waals surface area contributed by atoms with Crippen LogP contribution in [0.5, 0.6) is 0 Å². The third kappa shape index (κ3) is 2.69. The van der Waals surface area contributed by atoms with Gasteiger partial charge in [-0.25, -0.2) is 9.97 Å². The highest BCUT2D eigenvalue weighted by molar-refractivity contribution is 6.29. The molecule has 0 saturated heterocycles. The Balaban J connectivity index is 2.31. The summed E-state index contributed by atoms with van der Waals surface area (Å²) in [6.07, 6.45) is 8.19. The van der Waals surface area contributed by atoms with Crippen molar-refractivity contribution >= 4 is 23.1 Å². The summed E-state index contributed by atoms with van der Waals surface area (Å²) in [6.45, 7) is 0. The minimum atomic E-state index is 0.252. The van der Waals surface area contributed by atoms with E-state index in [1.807, 2.05) is 0 Å². The fourth-order valence-electron chi connectivity index (χ4n) is 1.85. The first-order valence-corrected chi connectivity index (χ1v) is 5.63. The van der Waals surface area contributed by atoms with Gasteiger partial charge in [0.2, 0.25) is 5.95 Å². The van der Waals surface area contributed by atoms with Crippen LogP contribution in [0.1, 0.15) is 37.8 Å². The Kier molecular flexibility index (Phi) is 3.21. The van der Waals surface area contributed by atoms with Gasteiger partial charge in [-0.15, -0.1) is 0 Å². The van der Waals surface area contributed by atoms with Crippen LogP contribution in [0, 0.1) is 0 Å². The molecule has 2 rings (SSSR count). The molecule has 0 amide bonds. The summed E-state index contributed by atoms with van der Waals surface area (Å²) in [4.78, 5) is 8.07. The van der Waals surface area contributed by atoms with Gasteiger partial charge < -0.3 is 5.73 Å². The van der Waals surface area contributed by atoms with Gasteiger partial charge in [0.05, 0.1) is 5.69 Å². The standard InChI is InChI=1S/C11H14ClN3/c12-10-7-9(14-11(13)15-10)8-5-3-1-2-4-6-8/h5,7H,1-4,6H2,(H2,13,14,15). The largest absolute Gasteiger partial charge is 0.368 e. The van der Waals surface area contributed by atoms with Gasteiger partial charge in [0.25, 0.3) is 0 Å². The monoisotopic (exact) mass is 223 g/mol. The molecule has 2 N–H and O–H groups in total. The second kappa shape index (κ2) is 4.62. The van der Waals surface area contributed by atoms with E-state index in [1.54, 1.807) is 6.07 Å². The molecule has 1 aliphatic carbocycles. The first-order valence-electron chi connectivity index (χ1n) is 5.25. The van der Waals surface area contributed by atoms with Crippen molar-refractivity contribution in [2.24, 2.45) is 0 Å². The molecule has 0 fully saturated rings. The van der Waals surface area contributed by atoms with Gasteiger partial charge in [0.1, 0.15) is 5.15 Å². The van der Waals surface area contributed by atoms with E-state index in [4.69, 9.17) is 17.3 Å². The maximum absolute atomic E-state index is 5.85. The van der Waals surface area contributed by atoms with Crippen LogP contribution in [0.2, 0.25) is 5.15 Å². The maximum Gasteiger partial charge on any atom is 0.221 e. The Bertz CT molecular complexity index is 367. The number of anilines is 1. The lowest BCUT2D eigenvalue weighted by Crippen LogP contribution is -1.99. The molecule has 1 heterocycles. The highest BCUT2D eigenvalue weighted by Gasteiger charge is 2.08. The zero-order valence-electron chi connectivity index (χ0n) is 8.54. The van der Waals surface area contributed by atoms with Crippen LogP contribution in [0.15, 0.2) is 12.1 Å². The highest BCUT2D eigenvalue weighted by Crippen LogP contribution is 2.26. The van der Waals surface area contributed by atoms with Crippen LogP contribution in [-0.4, -0.2) is 9.97 Å². The number of hydrogen-bond acceptors (Lipinski definition) is 3. The number of halogens is 1. The van der Waals surface area contributed by atoms with Gasteiger partial charge in [0, 0.05) is 6.07 Å². The van der Waals surface area contributed by atoms with Crippen LogP contribution >= 0.6 is 11.6 Å². The Morgan fingerprint density at radius 2 is 2.07 bits per heavy atom. The summed E-state index contributed by atoms with van der Waals surface area (Å²) in [5.74, 6) is 0.252. The third-order valence-corrected chi connectivity index (χ3v) is 2.78. The van der Waals surface area contributed by atoms with Crippen LogP contribution in [0.4, 0.5) is 5.95 Å². The lowest BCUT2D eigenvalue weighted by atomic mass is 10.1. The molecule has 4 heteroatoms. The number of allylic oxidation sites excluding steroid dienone is 2. The molecular weight excluding hydrogens is 210 g/mol. The van der Waals surface area contributed by atoms with Crippen molar-refractivity contribution in [3.8, 4) is 0 Å². The van der Waals surface area contributed by atoms with Gasteiger partial charge in [-0.3, -0.25) is 0 Å². The predicted octanol–water partition coefficient (Wildman–Crippen LogP) is 3.06. The van der Waals surface area contributed by atoms with E-state index in [-0.39, 0.29) is 5.95 Å². The molecule has 0 saturated carbocycles. The average Bonchev–Trinajstić information content (AvgIpc) is 2.43. The molecule has 15 heavy (non-hydrogen) atoms. The minimum absolute atomic E-state index is 0.252. The van der Waals surface area contributed by atoms with E-state index in [1.165, 1.54) is 24.8 Å². The van der Waals surface area contributed by atoms with E-state index >= 15 is 0 Å². The Labute approximate surface area is 94.4 Å². The molecule has 1 aliphatic rings. The quantitative estimate of drug-likeness (QED) is 0.745. The number of nitrogens with zero attached hydrogens (tertiary/aromatic N) is 2. The number of hydrogen-bond donors (Lipinski definition) is 1. The fourth-order valence-corrected chi connectivity index (χ4v) is 2.04. The van der Waals surface area contributed by atoms with Crippen molar-refractivity contribution in [3.63, 3.8) is 0 Å². The molecule has 1 aromatic heterocycles. The van der Waals surface area contributed by atoms with Crippen molar-refractivity contribution in [1.29, 1.82) is 0 Å². The van der Waals surface area contributed by atoms with E-state index in [0.717, 1.165) is 18.5 Å². The zero-order valence-corrected chi connectivity index (χ0v) is 9.30. The van der Waals surface area contributed by atoms with Gasteiger partial charge >= 0.3 is 0 Å². The number of rotatable bonds is 1. The number of nitrogen functional groups attached to an aromatic ring is 1. The predicted molar refractivity (Wildman–Crippen MR) is 62.5 cm³/mol. The van der Waals surface area contributed by atoms with Crippen molar-refractivity contribution in [3.05, 3.63) is 23.0 Å². The molecule has 0 unspecified atom stereocenters. The maximum atomic E-state index is 5.85. The zero-order chi connectivity index (χ0) is 10.7. The first-order chi connectivity index (χ1) is 7.25. The number of nitrogens with two attached hydrogens (primary N) is 1. The smallest absolute Gasteiger partial charge is 0.221 e. The van der Waals surface area contributed by atoms with Crippen molar-refractivity contribution in [2.75, 3.05) is 5.73 Å². The second-order valence-electron chi connectivity index (χ2n) is 3.76. The van der Waals surface area contributed by atoms with Crippen LogP contribution in [0.3, 0.4) is 0 Å². The molecule has 0 radical (unpaired) electrons. The van der Waals surface area contributed by atoms with Crippen molar-refractivity contribution in [2.45, 2.75) is 32.1 Å². The van der Waals surface area contributed by atoms with E-state index in [0.29, 0.717) is 5.15 Å². The third-order valence-electron chi connectivity index (χ3n) is 2.58. The van der Waals surface area contributed by atoms with E-state index in [9.17, 15) is 0 Å². The average molecular weight is 224 g/mol. The summed E-state index contributed by atoms with van der Waals surface area (Å²) < 4.78 is 0. The molecule has 0 aromatic carbocycles. The first kappa shape index (κ1) is 10.4. The highest BCUT2D eigenvalue weighted by atomic mass is 35.5. The molecular formula is C11H14ClN3. The fraction of sp³-hybridized carbons (Fsp3) is 0.455. The normalized spacial score (nSPS) is 17.0. The van der Waals surface area contributed by atoms with Gasteiger partial charge in [-0.2, -0.15) is 0 Å². The lowest BCUT2D eigenvalue weighted by molar-refractivity contribution is 0.720. The van der Waals surface area contributed by atoms with Gasteiger partial charge in [0.15, 0.2) is 0 Å². The summed E-state index contributed by atoms with van der Waals surface area (Å²) in [5, 5.41) is 0.419. The topological polar surface area (TPSA) is 51.8 Å². The van der Waals surface area contributed by atoms with Crippen molar-refractivity contribution < 1.29 is 0 Å². The summed E-state index contributed by atoms with van der Waals surface area (Å²) in [7, 11) is 0. The molecule has 1 aromatic rings. The second-order valence-corrected chi connectivity index (χ2v) is 4.15. The Morgan fingerprint density at radius 3 is 2.87 bits per heavy atom. The summed E-state index contributed by atoms with van der Waals surface area (Å²) in [5.41, 5.74) is 7.71. The molecule has 0 spiro atoms. The Morgan fingerprint density at radius 1 is 1.20 bits per heavy atom. The van der Waals surface area contributed by atoms with Gasteiger partial charge in [-0.1, -0.05) is 24.1 Å². The van der Waals surface area contributed by atoms with Crippen LogP contribution in [0.25, 0.3) is 5.57 Å². The van der Waals surface area contributed by atoms with E-state index < -0.39 is 0 Å². The van der Waals surface area contributed by atoms with Gasteiger partial charge in [-0.05, 0) is 31.3 Å². The van der Waals surface area contributed by atoms with Crippen LogP contribution in [-0.2, 0) is 0 Å². The lowest BCUT2D eigenvalue weighted by Gasteiger charge is -2.05. The molecule has 0 bridgehead atoms. The van der Waals surface area contributed by atoms with Crippen LogP contribution < -0.4 is 5.73 Å². The Hall–Kier alpha value is -1.09. The SMILES string of the molecule is Nc1nc(Cl)cc(C2=CCCCCC2)n1. The summed E-state index contributed by atoms with van der Waals surface area (Å²) >= 11 is 5.85. The molecule has 0 atom stereocenters. The molecule has 80 valence electrons. The van der Waals surface area contributed by atoms with E-state index in [2.05, 4.69) is 16.0 Å². The summed E-state index contributed by atoms with van der Waals surface area (Å²) in [6, 6.07) is 1.79. The van der Waals surface area contributed by atoms with Crippen molar-refractivity contribution in [1.82, 2.24) is 9.97 Å². The minimum Gasteiger partial charge on any atom is -0.368 e.